The summed E-state index contributed by atoms with van der Waals surface area (Å²) in [5, 5.41) is 7.67. The second kappa shape index (κ2) is 11.3. The number of rotatable bonds is 9. The summed E-state index contributed by atoms with van der Waals surface area (Å²) in [4.78, 5) is 16.1. The van der Waals surface area contributed by atoms with Gasteiger partial charge in [0.05, 0.1) is 49.6 Å². The molecule has 0 amide bonds. The van der Waals surface area contributed by atoms with E-state index < -0.39 is 0 Å². The second-order valence-corrected chi connectivity index (χ2v) is 11.0. The lowest BCUT2D eigenvalue weighted by atomic mass is 9.96. The number of benzene rings is 1. The molecule has 6 heterocycles. The van der Waals surface area contributed by atoms with E-state index in [9.17, 15) is 0 Å². The minimum Gasteiger partial charge on any atom is -0.493 e. The molecule has 0 atom stereocenters. The van der Waals surface area contributed by atoms with E-state index in [1.165, 1.54) is 18.4 Å². The molecule has 0 spiro atoms. The Morgan fingerprint density at radius 3 is 2.59 bits per heavy atom. The van der Waals surface area contributed by atoms with E-state index in [0.29, 0.717) is 18.5 Å². The number of aryl methyl sites for hydroxylation is 1. The van der Waals surface area contributed by atoms with Gasteiger partial charge in [0.15, 0.2) is 0 Å². The molecule has 0 unspecified atom stereocenters. The van der Waals surface area contributed by atoms with E-state index in [4.69, 9.17) is 9.47 Å². The third kappa shape index (κ3) is 5.66. The van der Waals surface area contributed by atoms with Crippen molar-refractivity contribution < 1.29 is 9.47 Å². The smallest absolute Gasteiger partial charge is 0.140 e. The van der Waals surface area contributed by atoms with Gasteiger partial charge in [0.1, 0.15) is 23.5 Å². The molecule has 2 aliphatic rings. The maximum atomic E-state index is 6.19. The van der Waals surface area contributed by atoms with Crippen molar-refractivity contribution >= 4 is 11.5 Å². The molecular weight excluding hydrogens is 516 g/mol. The Balaban J connectivity index is 0.965. The Kier molecular flexibility index (Phi) is 7.08. The second-order valence-electron chi connectivity index (χ2n) is 11.0. The number of anilines is 1. The van der Waals surface area contributed by atoms with Crippen molar-refractivity contribution in [2.75, 3.05) is 38.2 Å². The van der Waals surface area contributed by atoms with E-state index in [1.54, 1.807) is 6.33 Å². The number of hydrogen-bond donors (Lipinski definition) is 1. The largest absolute Gasteiger partial charge is 0.493 e. The Bertz CT molecular complexity index is 1620. The van der Waals surface area contributed by atoms with Gasteiger partial charge in [0.25, 0.3) is 0 Å². The van der Waals surface area contributed by atoms with Crippen molar-refractivity contribution in [2.24, 2.45) is 13.0 Å². The van der Waals surface area contributed by atoms with Crippen LogP contribution >= 0.6 is 0 Å². The van der Waals surface area contributed by atoms with Crippen molar-refractivity contribution in [1.82, 2.24) is 34.0 Å². The molecule has 0 radical (unpaired) electrons. The van der Waals surface area contributed by atoms with Gasteiger partial charge in [-0.1, -0.05) is 24.3 Å². The third-order valence-corrected chi connectivity index (χ3v) is 8.15. The van der Waals surface area contributed by atoms with Crippen LogP contribution in [0.25, 0.3) is 28.2 Å². The highest BCUT2D eigenvalue weighted by molar-refractivity contribution is 5.64. The van der Waals surface area contributed by atoms with Crippen LogP contribution < -0.4 is 10.1 Å². The van der Waals surface area contributed by atoms with Gasteiger partial charge in [-0.3, -0.25) is 14.0 Å². The first-order valence-corrected chi connectivity index (χ1v) is 14.2. The lowest BCUT2D eigenvalue weighted by Gasteiger charge is -2.41. The number of aromatic nitrogens is 6. The highest BCUT2D eigenvalue weighted by Gasteiger charge is 2.29. The summed E-state index contributed by atoms with van der Waals surface area (Å²) in [6.45, 7) is 5.46. The lowest BCUT2D eigenvalue weighted by Crippen LogP contribution is -2.52. The minimum atomic E-state index is 0.588. The molecule has 0 bridgehead atoms. The average molecular weight is 551 g/mol. The zero-order valence-corrected chi connectivity index (χ0v) is 23.2. The maximum Gasteiger partial charge on any atom is 0.140 e. The molecule has 2 aliphatic heterocycles. The van der Waals surface area contributed by atoms with Gasteiger partial charge in [0, 0.05) is 43.7 Å². The van der Waals surface area contributed by atoms with Crippen LogP contribution in [0.2, 0.25) is 0 Å². The zero-order valence-electron chi connectivity index (χ0n) is 23.2. The van der Waals surface area contributed by atoms with Gasteiger partial charge < -0.3 is 14.8 Å². The van der Waals surface area contributed by atoms with Crippen molar-refractivity contribution in [2.45, 2.75) is 25.4 Å². The quantitative estimate of drug-likeness (QED) is 0.291. The van der Waals surface area contributed by atoms with Gasteiger partial charge in [-0.05, 0) is 49.0 Å². The van der Waals surface area contributed by atoms with Crippen molar-refractivity contribution in [3.8, 4) is 28.3 Å². The summed E-state index contributed by atoms with van der Waals surface area (Å²) < 4.78 is 15.4. The summed E-state index contributed by atoms with van der Waals surface area (Å²) in [7, 11) is 1.93. The Labute approximate surface area is 239 Å². The molecule has 0 aliphatic carbocycles. The molecule has 1 N–H and O–H groups in total. The van der Waals surface area contributed by atoms with Crippen molar-refractivity contribution in [3.63, 3.8) is 0 Å². The predicted molar refractivity (Wildman–Crippen MR) is 157 cm³/mol. The molecule has 5 aromatic rings. The van der Waals surface area contributed by atoms with E-state index in [2.05, 4.69) is 54.5 Å². The molecule has 2 saturated heterocycles. The third-order valence-electron chi connectivity index (χ3n) is 8.15. The lowest BCUT2D eigenvalue weighted by molar-refractivity contribution is -0.0750. The Morgan fingerprint density at radius 2 is 1.83 bits per heavy atom. The average Bonchev–Trinajstić information content (AvgIpc) is 3.61. The summed E-state index contributed by atoms with van der Waals surface area (Å²) >= 11 is 0. The van der Waals surface area contributed by atoms with Crippen LogP contribution in [0, 0.1) is 5.92 Å². The minimum absolute atomic E-state index is 0.588. The molecule has 7 rings (SSSR count). The fourth-order valence-electron chi connectivity index (χ4n) is 5.55. The number of imidazole rings is 1. The SMILES string of the molecule is Cn1cc(-c2ccc(CNc3cc(-c4cnc5cc(OCC6CCN(C7COC7)CC6)ccn45)ncn3)cc2)cn1. The zero-order chi connectivity index (χ0) is 27.6. The van der Waals surface area contributed by atoms with Gasteiger partial charge >= 0.3 is 0 Å². The number of pyridine rings is 1. The first-order valence-electron chi connectivity index (χ1n) is 14.2. The van der Waals surface area contributed by atoms with Crippen molar-refractivity contribution in [3.05, 3.63) is 79.1 Å². The summed E-state index contributed by atoms with van der Waals surface area (Å²) in [5.41, 5.74) is 5.96. The van der Waals surface area contributed by atoms with Crippen LogP contribution in [0.5, 0.6) is 5.75 Å². The van der Waals surface area contributed by atoms with Gasteiger partial charge in [-0.15, -0.1) is 0 Å². The summed E-state index contributed by atoms with van der Waals surface area (Å²) in [5.74, 6) is 2.20. The number of ether oxygens (including phenoxy) is 2. The number of nitrogens with one attached hydrogen (secondary N) is 1. The topological polar surface area (TPSA) is 94.6 Å². The molecule has 2 fully saturated rings. The predicted octanol–water partition coefficient (Wildman–Crippen LogP) is 4.29. The summed E-state index contributed by atoms with van der Waals surface area (Å²) in [6, 6.07) is 15.1. The van der Waals surface area contributed by atoms with E-state index >= 15 is 0 Å². The van der Waals surface area contributed by atoms with E-state index in [-0.39, 0.29) is 0 Å². The Hall–Kier alpha value is -4.28. The number of fused-ring (bicyclic) bond motifs is 1. The van der Waals surface area contributed by atoms with Crippen LogP contribution in [0.3, 0.4) is 0 Å². The molecular formula is C31H34N8O2. The van der Waals surface area contributed by atoms with Gasteiger partial charge in [0.2, 0.25) is 0 Å². The van der Waals surface area contributed by atoms with E-state index in [0.717, 1.165) is 72.6 Å². The molecule has 10 heteroatoms. The highest BCUT2D eigenvalue weighted by atomic mass is 16.5. The molecule has 0 saturated carbocycles. The Morgan fingerprint density at radius 1 is 0.976 bits per heavy atom. The monoisotopic (exact) mass is 550 g/mol. The number of likely N-dealkylation sites (tertiary alicyclic amines) is 1. The van der Waals surface area contributed by atoms with Crippen LogP contribution in [-0.4, -0.2) is 73.0 Å². The van der Waals surface area contributed by atoms with Crippen LogP contribution in [0.4, 0.5) is 5.82 Å². The molecule has 10 nitrogen and oxygen atoms in total. The van der Waals surface area contributed by atoms with Gasteiger partial charge in [-0.2, -0.15) is 5.10 Å². The fraction of sp³-hybridized carbons (Fsp3) is 0.355. The number of piperidine rings is 1. The van der Waals surface area contributed by atoms with E-state index in [1.807, 2.05) is 59.1 Å². The van der Waals surface area contributed by atoms with Gasteiger partial charge in [-0.25, -0.2) is 15.0 Å². The first kappa shape index (κ1) is 25.7. The number of hydrogen-bond acceptors (Lipinski definition) is 8. The molecule has 41 heavy (non-hydrogen) atoms. The number of nitrogens with zero attached hydrogens (tertiary/aromatic N) is 7. The molecule has 4 aromatic heterocycles. The van der Waals surface area contributed by atoms with Crippen molar-refractivity contribution in [1.29, 1.82) is 0 Å². The summed E-state index contributed by atoms with van der Waals surface area (Å²) in [6.07, 6.45) is 11.7. The normalized spacial score (nSPS) is 16.6. The molecule has 210 valence electrons. The maximum absolute atomic E-state index is 6.19. The van der Waals surface area contributed by atoms with Crippen LogP contribution in [0.15, 0.2) is 73.6 Å². The highest BCUT2D eigenvalue weighted by Crippen LogP contribution is 2.26. The van der Waals surface area contributed by atoms with Crippen LogP contribution in [-0.2, 0) is 18.3 Å². The standard InChI is InChI=1S/C31H34N8O2/c1-37-17-25(15-36-37)24-4-2-22(3-5-24)14-32-30-13-28(34-21-35-30)29-16-33-31-12-27(8-11-39(29)31)41-18-23-6-9-38(10-7-23)26-19-40-20-26/h2-5,8,11-13,15-17,21,23,26H,6-7,9-10,14,18-20H2,1H3,(H,32,34,35). The fourth-order valence-corrected chi connectivity index (χ4v) is 5.55. The first-order chi connectivity index (χ1) is 20.2. The van der Waals surface area contributed by atoms with Crippen LogP contribution in [0.1, 0.15) is 18.4 Å². The molecule has 1 aromatic carbocycles.